The Hall–Kier alpha value is -1.61. The van der Waals surface area contributed by atoms with E-state index < -0.39 is 0 Å². The minimum absolute atomic E-state index is 0.473. The molecule has 2 rings (SSSR count). The molecule has 0 aliphatic heterocycles. The first kappa shape index (κ1) is 11.9. The van der Waals surface area contributed by atoms with Gasteiger partial charge in [0.1, 0.15) is 0 Å². The fourth-order valence-electron chi connectivity index (χ4n) is 1.38. The SMILES string of the molecule is ClCc1ccc(OCCc2ccccn2)nc1. The fraction of sp³-hybridized carbons (Fsp3) is 0.231. The van der Waals surface area contributed by atoms with Gasteiger partial charge in [0.15, 0.2) is 0 Å². The van der Waals surface area contributed by atoms with Crippen molar-refractivity contribution in [1.82, 2.24) is 9.97 Å². The molecule has 4 heteroatoms. The second-order valence-electron chi connectivity index (χ2n) is 3.56. The Morgan fingerprint density at radius 3 is 2.71 bits per heavy atom. The van der Waals surface area contributed by atoms with Crippen molar-refractivity contribution >= 4 is 11.6 Å². The summed E-state index contributed by atoms with van der Waals surface area (Å²) >= 11 is 5.67. The van der Waals surface area contributed by atoms with Gasteiger partial charge in [-0.1, -0.05) is 12.1 Å². The zero-order valence-electron chi connectivity index (χ0n) is 9.34. The Labute approximate surface area is 105 Å². The average Bonchev–Trinajstić information content (AvgIpc) is 2.41. The van der Waals surface area contributed by atoms with E-state index in [1.807, 2.05) is 30.3 Å². The molecule has 17 heavy (non-hydrogen) atoms. The molecule has 3 nitrogen and oxygen atoms in total. The molecule has 88 valence electrons. The lowest BCUT2D eigenvalue weighted by Crippen LogP contribution is -2.03. The van der Waals surface area contributed by atoms with Crippen molar-refractivity contribution in [2.45, 2.75) is 12.3 Å². The van der Waals surface area contributed by atoms with Crippen LogP contribution >= 0.6 is 11.6 Å². The summed E-state index contributed by atoms with van der Waals surface area (Å²) in [4.78, 5) is 8.37. The lowest BCUT2D eigenvalue weighted by Gasteiger charge is -2.05. The van der Waals surface area contributed by atoms with Gasteiger partial charge >= 0.3 is 0 Å². The van der Waals surface area contributed by atoms with E-state index in [1.165, 1.54) is 0 Å². The maximum atomic E-state index is 5.67. The molecule has 0 saturated heterocycles. The number of alkyl halides is 1. The maximum absolute atomic E-state index is 5.67. The summed E-state index contributed by atoms with van der Waals surface area (Å²) in [5.41, 5.74) is 2.01. The smallest absolute Gasteiger partial charge is 0.213 e. The summed E-state index contributed by atoms with van der Waals surface area (Å²) in [5, 5.41) is 0. The molecule has 2 heterocycles. The summed E-state index contributed by atoms with van der Waals surface area (Å²) in [6.45, 7) is 0.574. The van der Waals surface area contributed by atoms with Crippen LogP contribution in [0, 0.1) is 0 Å². The molecule has 0 bridgehead atoms. The minimum Gasteiger partial charge on any atom is -0.477 e. The van der Waals surface area contributed by atoms with Crippen LogP contribution in [-0.4, -0.2) is 16.6 Å². The summed E-state index contributed by atoms with van der Waals surface area (Å²) < 4.78 is 5.52. The van der Waals surface area contributed by atoms with E-state index in [0.29, 0.717) is 18.4 Å². The molecule has 0 atom stereocenters. The Kier molecular flexibility index (Phi) is 4.33. The number of nitrogens with zero attached hydrogens (tertiary/aromatic N) is 2. The second-order valence-corrected chi connectivity index (χ2v) is 3.83. The van der Waals surface area contributed by atoms with Crippen LogP contribution in [0.4, 0.5) is 0 Å². The highest BCUT2D eigenvalue weighted by Gasteiger charge is 1.97. The lowest BCUT2D eigenvalue weighted by atomic mass is 10.3. The van der Waals surface area contributed by atoms with Crippen LogP contribution in [0.2, 0.25) is 0 Å². The molecule has 0 N–H and O–H groups in total. The molecule has 0 spiro atoms. The summed E-state index contributed by atoms with van der Waals surface area (Å²) in [6.07, 6.45) is 4.28. The van der Waals surface area contributed by atoms with Crippen molar-refractivity contribution in [3.63, 3.8) is 0 Å². The van der Waals surface area contributed by atoms with E-state index in [2.05, 4.69) is 9.97 Å². The van der Waals surface area contributed by atoms with Crippen LogP contribution < -0.4 is 4.74 Å². The van der Waals surface area contributed by atoms with Crippen LogP contribution in [0.1, 0.15) is 11.3 Å². The minimum atomic E-state index is 0.473. The van der Waals surface area contributed by atoms with Crippen molar-refractivity contribution in [2.75, 3.05) is 6.61 Å². The summed E-state index contributed by atoms with van der Waals surface area (Å²) in [7, 11) is 0. The lowest BCUT2D eigenvalue weighted by molar-refractivity contribution is 0.308. The van der Waals surface area contributed by atoms with Gasteiger partial charge in [-0.05, 0) is 17.7 Å². The zero-order chi connectivity index (χ0) is 11.9. The van der Waals surface area contributed by atoms with Gasteiger partial charge in [0.25, 0.3) is 0 Å². The van der Waals surface area contributed by atoms with Crippen LogP contribution in [0.5, 0.6) is 5.88 Å². The second kappa shape index (κ2) is 6.21. The fourth-order valence-corrected chi connectivity index (χ4v) is 1.54. The third kappa shape index (κ3) is 3.71. The zero-order valence-corrected chi connectivity index (χ0v) is 10.1. The standard InChI is InChI=1S/C13H13ClN2O/c14-9-11-4-5-13(16-10-11)17-8-6-12-3-1-2-7-15-12/h1-5,7,10H,6,8-9H2. The van der Waals surface area contributed by atoms with Crippen molar-refractivity contribution in [3.8, 4) is 5.88 Å². The van der Waals surface area contributed by atoms with Gasteiger partial charge in [0.2, 0.25) is 5.88 Å². The predicted molar refractivity (Wildman–Crippen MR) is 67.2 cm³/mol. The van der Waals surface area contributed by atoms with Crippen molar-refractivity contribution < 1.29 is 4.74 Å². The predicted octanol–water partition coefficient (Wildman–Crippen LogP) is 2.84. The van der Waals surface area contributed by atoms with Crippen molar-refractivity contribution in [3.05, 3.63) is 54.0 Å². The largest absolute Gasteiger partial charge is 0.477 e. The topological polar surface area (TPSA) is 35.0 Å². The molecule has 0 aromatic carbocycles. The van der Waals surface area contributed by atoms with E-state index in [9.17, 15) is 0 Å². The molecule has 0 aliphatic rings. The monoisotopic (exact) mass is 248 g/mol. The molecule has 0 aliphatic carbocycles. The maximum Gasteiger partial charge on any atom is 0.213 e. The van der Waals surface area contributed by atoms with Gasteiger partial charge in [-0.2, -0.15) is 0 Å². The van der Waals surface area contributed by atoms with Crippen LogP contribution in [0.25, 0.3) is 0 Å². The Balaban J connectivity index is 1.82. The normalized spacial score (nSPS) is 10.2. The van der Waals surface area contributed by atoms with Crippen LogP contribution in [-0.2, 0) is 12.3 Å². The van der Waals surface area contributed by atoms with Crippen molar-refractivity contribution in [1.29, 1.82) is 0 Å². The van der Waals surface area contributed by atoms with Gasteiger partial charge in [-0.25, -0.2) is 4.98 Å². The third-order valence-electron chi connectivity index (χ3n) is 2.29. The molecule has 2 aromatic heterocycles. The summed E-state index contributed by atoms with van der Waals surface area (Å²) in [6, 6.07) is 9.59. The van der Waals surface area contributed by atoms with E-state index in [4.69, 9.17) is 16.3 Å². The number of ether oxygens (including phenoxy) is 1. The van der Waals surface area contributed by atoms with E-state index in [-0.39, 0.29) is 0 Å². The number of rotatable bonds is 5. The van der Waals surface area contributed by atoms with E-state index in [0.717, 1.165) is 17.7 Å². The first-order chi connectivity index (χ1) is 8.38. The molecule has 2 aromatic rings. The van der Waals surface area contributed by atoms with E-state index >= 15 is 0 Å². The number of halogens is 1. The number of hydrogen-bond acceptors (Lipinski definition) is 3. The first-order valence-electron chi connectivity index (χ1n) is 5.42. The van der Waals surface area contributed by atoms with Crippen LogP contribution in [0.15, 0.2) is 42.7 Å². The molecule has 0 radical (unpaired) electrons. The summed E-state index contributed by atoms with van der Waals surface area (Å²) in [5.74, 6) is 1.09. The van der Waals surface area contributed by atoms with Gasteiger partial charge < -0.3 is 4.74 Å². The number of pyridine rings is 2. The van der Waals surface area contributed by atoms with Crippen LogP contribution in [0.3, 0.4) is 0 Å². The molecule has 0 unspecified atom stereocenters. The Bertz CT molecular complexity index is 445. The Morgan fingerprint density at radius 1 is 1.12 bits per heavy atom. The highest BCUT2D eigenvalue weighted by Crippen LogP contribution is 2.09. The molecule has 0 amide bonds. The number of hydrogen-bond donors (Lipinski definition) is 0. The molecule has 0 fully saturated rings. The molecular weight excluding hydrogens is 236 g/mol. The quantitative estimate of drug-likeness (QED) is 0.764. The third-order valence-corrected chi connectivity index (χ3v) is 2.59. The van der Waals surface area contributed by atoms with Crippen molar-refractivity contribution in [2.24, 2.45) is 0 Å². The highest BCUT2D eigenvalue weighted by atomic mass is 35.5. The van der Waals surface area contributed by atoms with E-state index in [1.54, 1.807) is 12.4 Å². The molecule has 0 saturated carbocycles. The van der Waals surface area contributed by atoms with Gasteiger partial charge in [-0.15, -0.1) is 11.6 Å². The van der Waals surface area contributed by atoms with Gasteiger partial charge in [-0.3, -0.25) is 4.98 Å². The first-order valence-corrected chi connectivity index (χ1v) is 5.95. The van der Waals surface area contributed by atoms with Gasteiger partial charge in [0, 0.05) is 36.5 Å². The Morgan fingerprint density at radius 2 is 2.06 bits per heavy atom. The number of aromatic nitrogens is 2. The molecular formula is C13H13ClN2O. The average molecular weight is 249 g/mol. The highest BCUT2D eigenvalue weighted by molar-refractivity contribution is 6.17. The van der Waals surface area contributed by atoms with Gasteiger partial charge in [0.05, 0.1) is 6.61 Å².